The van der Waals surface area contributed by atoms with E-state index in [1.165, 1.54) is 0 Å². The van der Waals surface area contributed by atoms with E-state index in [-0.39, 0.29) is 11.9 Å². The summed E-state index contributed by atoms with van der Waals surface area (Å²) in [7, 11) is 1.56. The van der Waals surface area contributed by atoms with Crippen molar-refractivity contribution in [1.29, 1.82) is 0 Å². The Bertz CT molecular complexity index is 389. The number of carbonyl (C=O) groups excluding carboxylic acids is 1. The first-order valence-corrected chi connectivity index (χ1v) is 5.84. The van der Waals surface area contributed by atoms with Gasteiger partial charge in [0, 0.05) is 11.8 Å². The van der Waals surface area contributed by atoms with Crippen LogP contribution < -0.4 is 9.47 Å². The van der Waals surface area contributed by atoms with Crippen LogP contribution in [0.25, 0.3) is 0 Å². The van der Waals surface area contributed by atoms with Crippen LogP contribution in [0.4, 0.5) is 0 Å². The van der Waals surface area contributed by atoms with Crippen LogP contribution >= 0.6 is 15.9 Å². The average Bonchev–Trinajstić information content (AvgIpc) is 2.57. The van der Waals surface area contributed by atoms with Crippen LogP contribution in [0.3, 0.4) is 0 Å². The maximum Gasteiger partial charge on any atom is 0.210 e. The minimum atomic E-state index is -0.365. The monoisotopic (exact) mass is 270 g/mol. The Hall–Kier alpha value is -1.03. The van der Waals surface area contributed by atoms with E-state index in [2.05, 4.69) is 15.9 Å². The molecule has 2 rings (SSSR count). The fourth-order valence-corrected chi connectivity index (χ4v) is 2.09. The SMILES string of the molecule is COc1cccc2c1C(=O)C(CCBr)O2. The number of hydrogen-bond acceptors (Lipinski definition) is 3. The molecule has 80 valence electrons. The third-order valence-electron chi connectivity index (χ3n) is 2.39. The summed E-state index contributed by atoms with van der Waals surface area (Å²) in [6, 6.07) is 5.39. The molecule has 4 heteroatoms. The number of fused-ring (bicyclic) bond motifs is 1. The minimum Gasteiger partial charge on any atom is -0.496 e. The normalized spacial score (nSPS) is 18.5. The first kappa shape index (κ1) is 10.5. The number of methoxy groups -OCH3 is 1. The fourth-order valence-electron chi connectivity index (χ4n) is 1.68. The van der Waals surface area contributed by atoms with Crippen LogP contribution in [-0.2, 0) is 0 Å². The van der Waals surface area contributed by atoms with E-state index < -0.39 is 0 Å². The summed E-state index contributed by atoms with van der Waals surface area (Å²) >= 11 is 3.30. The van der Waals surface area contributed by atoms with Crippen molar-refractivity contribution >= 4 is 21.7 Å². The molecule has 1 unspecified atom stereocenters. The van der Waals surface area contributed by atoms with Crippen molar-refractivity contribution in [3.8, 4) is 11.5 Å². The van der Waals surface area contributed by atoms with Gasteiger partial charge in [-0.2, -0.15) is 0 Å². The second-order valence-electron chi connectivity index (χ2n) is 3.28. The highest BCUT2D eigenvalue weighted by Crippen LogP contribution is 2.36. The van der Waals surface area contributed by atoms with E-state index in [0.29, 0.717) is 23.5 Å². The Labute approximate surface area is 96.5 Å². The lowest BCUT2D eigenvalue weighted by atomic mass is 10.1. The van der Waals surface area contributed by atoms with Crippen molar-refractivity contribution in [2.24, 2.45) is 0 Å². The molecule has 0 spiro atoms. The number of ether oxygens (including phenoxy) is 2. The maximum absolute atomic E-state index is 11.9. The van der Waals surface area contributed by atoms with E-state index in [4.69, 9.17) is 9.47 Å². The lowest BCUT2D eigenvalue weighted by Gasteiger charge is -2.05. The number of carbonyl (C=O) groups is 1. The van der Waals surface area contributed by atoms with Crippen LogP contribution in [0.2, 0.25) is 0 Å². The lowest BCUT2D eigenvalue weighted by Crippen LogP contribution is -2.20. The summed E-state index contributed by atoms with van der Waals surface area (Å²) < 4.78 is 10.7. The number of Topliss-reactive ketones (excluding diaryl/α,β-unsaturated/α-hetero) is 1. The lowest BCUT2D eigenvalue weighted by molar-refractivity contribution is 0.0853. The first-order chi connectivity index (χ1) is 7.27. The topological polar surface area (TPSA) is 35.5 Å². The minimum absolute atomic E-state index is 0.0156. The molecule has 0 amide bonds. The Morgan fingerprint density at radius 1 is 1.53 bits per heavy atom. The fraction of sp³-hybridized carbons (Fsp3) is 0.364. The van der Waals surface area contributed by atoms with Gasteiger partial charge in [0.15, 0.2) is 6.10 Å². The van der Waals surface area contributed by atoms with E-state index in [1.807, 2.05) is 6.07 Å². The first-order valence-electron chi connectivity index (χ1n) is 4.71. The third-order valence-corrected chi connectivity index (χ3v) is 2.85. The predicted octanol–water partition coefficient (Wildman–Crippen LogP) is 2.42. The van der Waals surface area contributed by atoms with Crippen LogP contribution in [0.5, 0.6) is 11.5 Å². The molecule has 1 aliphatic rings. The van der Waals surface area contributed by atoms with Crippen LogP contribution in [0.15, 0.2) is 18.2 Å². The van der Waals surface area contributed by atoms with Gasteiger partial charge in [0.1, 0.15) is 17.1 Å². The molecule has 0 fully saturated rings. The van der Waals surface area contributed by atoms with Crippen LogP contribution in [0.1, 0.15) is 16.8 Å². The standard InChI is InChI=1S/C11H11BrO3/c1-14-7-3-2-4-8-10(7)11(13)9(15-8)5-6-12/h2-4,9H,5-6H2,1H3. The summed E-state index contributed by atoms with van der Waals surface area (Å²) in [5.74, 6) is 1.24. The van der Waals surface area contributed by atoms with Gasteiger partial charge in [0.2, 0.25) is 5.78 Å². The molecule has 0 N–H and O–H groups in total. The second-order valence-corrected chi connectivity index (χ2v) is 4.07. The van der Waals surface area contributed by atoms with Crippen molar-refractivity contribution in [1.82, 2.24) is 0 Å². The highest BCUT2D eigenvalue weighted by atomic mass is 79.9. The number of alkyl halides is 1. The van der Waals surface area contributed by atoms with Crippen molar-refractivity contribution in [2.45, 2.75) is 12.5 Å². The van der Waals surface area contributed by atoms with Crippen molar-refractivity contribution in [3.05, 3.63) is 23.8 Å². The molecule has 1 aliphatic heterocycles. The maximum atomic E-state index is 11.9. The quantitative estimate of drug-likeness (QED) is 0.792. The highest BCUT2D eigenvalue weighted by Gasteiger charge is 2.34. The molecule has 1 aromatic rings. The Kier molecular flexibility index (Phi) is 2.95. The smallest absolute Gasteiger partial charge is 0.210 e. The summed E-state index contributed by atoms with van der Waals surface area (Å²) in [6.07, 6.45) is 0.312. The molecule has 15 heavy (non-hydrogen) atoms. The molecule has 0 saturated carbocycles. The van der Waals surface area contributed by atoms with E-state index in [9.17, 15) is 4.79 Å². The predicted molar refractivity (Wildman–Crippen MR) is 60.2 cm³/mol. The van der Waals surface area contributed by atoms with Crippen molar-refractivity contribution in [3.63, 3.8) is 0 Å². The second kappa shape index (κ2) is 4.23. The zero-order valence-corrected chi connectivity index (χ0v) is 9.91. The summed E-state index contributed by atoms with van der Waals surface area (Å²) in [5, 5.41) is 0.750. The molecule has 1 aromatic carbocycles. The molecule has 1 atom stereocenters. The number of hydrogen-bond donors (Lipinski definition) is 0. The number of benzene rings is 1. The van der Waals surface area contributed by atoms with E-state index in [0.717, 1.165) is 5.33 Å². The largest absolute Gasteiger partial charge is 0.496 e. The van der Waals surface area contributed by atoms with Gasteiger partial charge in [-0.15, -0.1) is 0 Å². The van der Waals surface area contributed by atoms with Crippen molar-refractivity contribution in [2.75, 3.05) is 12.4 Å². The highest BCUT2D eigenvalue weighted by molar-refractivity contribution is 9.09. The molecule has 1 heterocycles. The third kappa shape index (κ3) is 1.74. The summed E-state index contributed by atoms with van der Waals surface area (Å²) in [6.45, 7) is 0. The molecule has 0 aromatic heterocycles. The average molecular weight is 271 g/mol. The molecular formula is C11H11BrO3. The number of halogens is 1. The molecule has 0 radical (unpaired) electrons. The van der Waals surface area contributed by atoms with Gasteiger partial charge in [0.25, 0.3) is 0 Å². The van der Waals surface area contributed by atoms with Crippen LogP contribution in [-0.4, -0.2) is 24.3 Å². The number of rotatable bonds is 3. The summed E-state index contributed by atoms with van der Waals surface area (Å²) in [5.41, 5.74) is 0.575. The van der Waals surface area contributed by atoms with Crippen molar-refractivity contribution < 1.29 is 14.3 Å². The van der Waals surface area contributed by atoms with Gasteiger partial charge >= 0.3 is 0 Å². The summed E-state index contributed by atoms with van der Waals surface area (Å²) in [4.78, 5) is 11.9. The van der Waals surface area contributed by atoms with Gasteiger partial charge in [-0.05, 0) is 12.1 Å². The number of ketones is 1. The zero-order valence-electron chi connectivity index (χ0n) is 8.33. The van der Waals surface area contributed by atoms with Gasteiger partial charge in [-0.1, -0.05) is 22.0 Å². The van der Waals surface area contributed by atoms with Gasteiger partial charge in [-0.3, -0.25) is 4.79 Å². The Morgan fingerprint density at radius 2 is 2.33 bits per heavy atom. The van der Waals surface area contributed by atoms with Gasteiger partial charge in [-0.25, -0.2) is 0 Å². The van der Waals surface area contributed by atoms with Gasteiger partial charge < -0.3 is 9.47 Å². The van der Waals surface area contributed by atoms with E-state index in [1.54, 1.807) is 19.2 Å². The molecular weight excluding hydrogens is 260 g/mol. The Balaban J connectivity index is 2.37. The van der Waals surface area contributed by atoms with E-state index >= 15 is 0 Å². The zero-order chi connectivity index (χ0) is 10.8. The van der Waals surface area contributed by atoms with Gasteiger partial charge in [0.05, 0.1) is 7.11 Å². The molecule has 0 bridgehead atoms. The molecule has 0 aliphatic carbocycles. The van der Waals surface area contributed by atoms with Crippen LogP contribution in [0, 0.1) is 0 Å². The Morgan fingerprint density at radius 3 is 3.00 bits per heavy atom. The molecule has 0 saturated heterocycles. The molecule has 3 nitrogen and oxygen atoms in total.